The lowest BCUT2D eigenvalue weighted by atomic mass is 10.2. The van der Waals surface area contributed by atoms with Crippen LogP contribution in [-0.4, -0.2) is 17.4 Å². The Balaban J connectivity index is 2.65. The summed E-state index contributed by atoms with van der Waals surface area (Å²) in [5.41, 5.74) is 0. The number of hydrogen-bond acceptors (Lipinski definition) is 4. The molecule has 4 heteroatoms. The molecule has 1 unspecified atom stereocenters. The van der Waals surface area contributed by atoms with E-state index < -0.39 is 11.9 Å². The van der Waals surface area contributed by atoms with Gasteiger partial charge in [-0.15, -0.1) is 0 Å². The summed E-state index contributed by atoms with van der Waals surface area (Å²) in [6.07, 6.45) is 0.517. The SMILES string of the molecule is CC(C=O)C(=O)Oc1ccc(O)cc1. The Bertz CT molecular complexity index is 328. The van der Waals surface area contributed by atoms with Gasteiger partial charge in [0.05, 0.1) is 0 Å². The quantitative estimate of drug-likeness (QED) is 0.339. The van der Waals surface area contributed by atoms with Crippen LogP contribution in [0.3, 0.4) is 0 Å². The van der Waals surface area contributed by atoms with E-state index in [1.165, 1.54) is 31.2 Å². The predicted molar refractivity (Wildman–Crippen MR) is 49.0 cm³/mol. The van der Waals surface area contributed by atoms with Crippen LogP contribution in [0.15, 0.2) is 24.3 Å². The second kappa shape index (κ2) is 4.41. The highest BCUT2D eigenvalue weighted by Crippen LogP contribution is 2.16. The van der Waals surface area contributed by atoms with E-state index in [4.69, 9.17) is 9.84 Å². The molecule has 14 heavy (non-hydrogen) atoms. The number of carbonyl (C=O) groups is 2. The lowest BCUT2D eigenvalue weighted by molar-refractivity contribution is -0.140. The molecule has 0 aliphatic heterocycles. The Labute approximate surface area is 81.1 Å². The summed E-state index contributed by atoms with van der Waals surface area (Å²) in [5.74, 6) is -0.982. The van der Waals surface area contributed by atoms with Crippen molar-refractivity contribution in [1.82, 2.24) is 0 Å². The number of aldehydes is 1. The van der Waals surface area contributed by atoms with E-state index >= 15 is 0 Å². The summed E-state index contributed by atoms with van der Waals surface area (Å²) >= 11 is 0. The van der Waals surface area contributed by atoms with Gasteiger partial charge in [0, 0.05) is 0 Å². The standard InChI is InChI=1S/C10H10O4/c1-7(6-11)10(13)14-9-4-2-8(12)3-5-9/h2-7,12H,1H3. The van der Waals surface area contributed by atoms with E-state index in [2.05, 4.69) is 0 Å². The number of benzene rings is 1. The summed E-state index contributed by atoms with van der Waals surface area (Å²) in [5, 5.41) is 8.95. The van der Waals surface area contributed by atoms with E-state index in [9.17, 15) is 9.59 Å². The topological polar surface area (TPSA) is 63.6 Å². The third-order valence-corrected chi connectivity index (χ3v) is 1.63. The summed E-state index contributed by atoms with van der Waals surface area (Å²) in [6.45, 7) is 1.45. The molecule has 0 spiro atoms. The lowest BCUT2D eigenvalue weighted by Crippen LogP contribution is -2.18. The summed E-state index contributed by atoms with van der Waals surface area (Å²) < 4.78 is 4.84. The molecule has 1 atom stereocenters. The molecule has 0 fully saturated rings. The Kier molecular flexibility index (Phi) is 3.23. The largest absolute Gasteiger partial charge is 0.508 e. The van der Waals surface area contributed by atoms with Crippen molar-refractivity contribution in [3.8, 4) is 11.5 Å². The molecule has 0 saturated heterocycles. The van der Waals surface area contributed by atoms with Gasteiger partial charge in [-0.3, -0.25) is 4.79 Å². The lowest BCUT2D eigenvalue weighted by Gasteiger charge is -2.05. The highest BCUT2D eigenvalue weighted by Gasteiger charge is 2.13. The molecule has 0 aliphatic carbocycles. The zero-order chi connectivity index (χ0) is 10.6. The van der Waals surface area contributed by atoms with Gasteiger partial charge in [-0.05, 0) is 31.2 Å². The van der Waals surface area contributed by atoms with Gasteiger partial charge in [0.1, 0.15) is 23.7 Å². The summed E-state index contributed by atoms with van der Waals surface area (Å²) in [7, 11) is 0. The zero-order valence-electron chi connectivity index (χ0n) is 7.64. The van der Waals surface area contributed by atoms with Crippen molar-refractivity contribution < 1.29 is 19.4 Å². The maximum absolute atomic E-state index is 11.1. The number of esters is 1. The smallest absolute Gasteiger partial charge is 0.321 e. The van der Waals surface area contributed by atoms with Crippen LogP contribution >= 0.6 is 0 Å². The van der Waals surface area contributed by atoms with E-state index in [1.807, 2.05) is 0 Å². The van der Waals surface area contributed by atoms with Crippen LogP contribution in [0.25, 0.3) is 0 Å². The number of rotatable bonds is 3. The molecule has 74 valence electrons. The highest BCUT2D eigenvalue weighted by molar-refractivity contribution is 5.88. The zero-order valence-corrected chi connectivity index (χ0v) is 7.64. The van der Waals surface area contributed by atoms with Crippen LogP contribution < -0.4 is 4.74 Å². The van der Waals surface area contributed by atoms with Crippen molar-refractivity contribution in [2.75, 3.05) is 0 Å². The minimum atomic E-state index is -0.774. The second-order valence-corrected chi connectivity index (χ2v) is 2.84. The van der Waals surface area contributed by atoms with E-state index in [0.717, 1.165) is 0 Å². The van der Waals surface area contributed by atoms with Crippen LogP contribution in [0.4, 0.5) is 0 Å². The molecular formula is C10H10O4. The molecule has 0 saturated carbocycles. The van der Waals surface area contributed by atoms with Crippen molar-refractivity contribution in [3.05, 3.63) is 24.3 Å². The molecule has 0 amide bonds. The van der Waals surface area contributed by atoms with E-state index in [-0.39, 0.29) is 5.75 Å². The third-order valence-electron chi connectivity index (χ3n) is 1.63. The normalized spacial score (nSPS) is 11.8. The molecule has 0 radical (unpaired) electrons. The monoisotopic (exact) mass is 194 g/mol. The van der Waals surface area contributed by atoms with Crippen LogP contribution in [0, 0.1) is 5.92 Å². The molecule has 0 aliphatic rings. The van der Waals surface area contributed by atoms with Crippen molar-refractivity contribution in [2.24, 2.45) is 5.92 Å². The van der Waals surface area contributed by atoms with Gasteiger partial charge in [-0.1, -0.05) is 0 Å². The van der Waals surface area contributed by atoms with Gasteiger partial charge < -0.3 is 14.6 Å². The first-order valence-electron chi connectivity index (χ1n) is 4.09. The average molecular weight is 194 g/mol. The number of aromatic hydroxyl groups is 1. The molecule has 0 bridgehead atoms. The minimum absolute atomic E-state index is 0.0910. The fourth-order valence-corrected chi connectivity index (χ4v) is 0.779. The van der Waals surface area contributed by atoms with E-state index in [0.29, 0.717) is 12.0 Å². The minimum Gasteiger partial charge on any atom is -0.508 e. The fourth-order valence-electron chi connectivity index (χ4n) is 0.779. The van der Waals surface area contributed by atoms with Crippen molar-refractivity contribution in [1.29, 1.82) is 0 Å². The average Bonchev–Trinajstić information content (AvgIpc) is 2.20. The predicted octanol–water partition coefficient (Wildman–Crippen LogP) is 1.13. The maximum atomic E-state index is 11.1. The summed E-state index contributed by atoms with van der Waals surface area (Å²) in [4.78, 5) is 21.4. The Morgan fingerprint density at radius 1 is 1.43 bits per heavy atom. The third kappa shape index (κ3) is 2.58. The van der Waals surface area contributed by atoms with Crippen molar-refractivity contribution in [2.45, 2.75) is 6.92 Å². The first-order chi connectivity index (χ1) is 6.63. The second-order valence-electron chi connectivity index (χ2n) is 2.84. The number of phenolic OH excluding ortho intramolecular Hbond substituents is 1. The Morgan fingerprint density at radius 3 is 2.50 bits per heavy atom. The van der Waals surface area contributed by atoms with Crippen LogP contribution in [0.5, 0.6) is 11.5 Å². The van der Waals surface area contributed by atoms with E-state index in [1.54, 1.807) is 0 Å². The van der Waals surface area contributed by atoms with Gasteiger partial charge in [-0.2, -0.15) is 0 Å². The van der Waals surface area contributed by atoms with Crippen LogP contribution in [0.1, 0.15) is 6.92 Å². The Morgan fingerprint density at radius 2 is 2.00 bits per heavy atom. The molecule has 1 rings (SSSR count). The molecular weight excluding hydrogens is 184 g/mol. The van der Waals surface area contributed by atoms with Crippen molar-refractivity contribution in [3.63, 3.8) is 0 Å². The summed E-state index contributed by atoms with van der Waals surface area (Å²) in [6, 6.07) is 5.69. The molecule has 4 nitrogen and oxygen atoms in total. The number of carbonyl (C=O) groups excluding carboxylic acids is 2. The van der Waals surface area contributed by atoms with Crippen molar-refractivity contribution >= 4 is 12.3 Å². The van der Waals surface area contributed by atoms with Crippen LogP contribution in [-0.2, 0) is 9.59 Å². The first-order valence-corrected chi connectivity index (χ1v) is 4.09. The first kappa shape index (κ1) is 10.2. The highest BCUT2D eigenvalue weighted by atomic mass is 16.5. The van der Waals surface area contributed by atoms with Crippen LogP contribution in [0.2, 0.25) is 0 Å². The molecule has 0 aromatic heterocycles. The molecule has 1 aromatic carbocycles. The molecule has 1 aromatic rings. The number of phenols is 1. The number of ether oxygens (including phenoxy) is 1. The molecule has 1 N–H and O–H groups in total. The van der Waals surface area contributed by atoms with Gasteiger partial charge in [0.15, 0.2) is 0 Å². The van der Waals surface area contributed by atoms with Gasteiger partial charge in [0.2, 0.25) is 0 Å². The Hall–Kier alpha value is -1.84. The molecule has 0 heterocycles. The van der Waals surface area contributed by atoms with Gasteiger partial charge >= 0.3 is 5.97 Å². The van der Waals surface area contributed by atoms with Gasteiger partial charge in [-0.25, -0.2) is 0 Å². The fraction of sp³-hybridized carbons (Fsp3) is 0.200. The number of hydrogen-bond donors (Lipinski definition) is 1. The maximum Gasteiger partial charge on any atom is 0.321 e. The van der Waals surface area contributed by atoms with Gasteiger partial charge in [0.25, 0.3) is 0 Å².